The van der Waals surface area contributed by atoms with Crippen molar-refractivity contribution in [3.05, 3.63) is 24.7 Å². The Bertz CT molecular complexity index is 71.6. The van der Waals surface area contributed by atoms with E-state index in [1.54, 1.807) is 0 Å². The smallest absolute Gasteiger partial charge is 0.184 e. The molecule has 6 heavy (non-hydrogen) atoms. The fraction of sp³-hybridized carbons (Fsp3) is 0. The first-order chi connectivity index (χ1) is 2.77. The lowest BCUT2D eigenvalue weighted by Crippen LogP contribution is -1.84. The van der Waals surface area contributed by atoms with E-state index < -0.39 is 5.95 Å². The van der Waals surface area contributed by atoms with E-state index in [1.807, 2.05) is 0 Å². The topological polar surface area (TPSA) is 26.0 Å². The number of rotatable bonds is 1. The molecule has 0 aliphatic heterocycles. The van der Waals surface area contributed by atoms with E-state index in [0.717, 1.165) is 6.08 Å². The molecule has 0 fully saturated rings. The fourth-order valence-corrected chi connectivity index (χ4v) is 0.113. The maximum Gasteiger partial charge on any atom is 0.184 e. The molecular formula is C4H6FN. The number of hydrogen-bond donors (Lipinski definition) is 1. The van der Waals surface area contributed by atoms with Crippen LogP contribution < -0.4 is 5.73 Å². The molecule has 2 heteroatoms. The minimum Gasteiger partial charge on any atom is -0.376 e. The summed E-state index contributed by atoms with van der Waals surface area (Å²) < 4.78 is 11.3. The van der Waals surface area contributed by atoms with Gasteiger partial charge in [-0.05, 0) is 6.08 Å². The number of halogens is 1. The highest BCUT2D eigenvalue weighted by Crippen LogP contribution is 1.80. The molecule has 0 radical (unpaired) electrons. The van der Waals surface area contributed by atoms with Gasteiger partial charge in [0, 0.05) is 0 Å². The lowest BCUT2D eigenvalue weighted by molar-refractivity contribution is 0.627. The van der Waals surface area contributed by atoms with Gasteiger partial charge in [0.15, 0.2) is 5.95 Å². The molecule has 0 bridgehead atoms. The Morgan fingerprint density at radius 3 is 2.33 bits per heavy atom. The zero-order valence-corrected chi connectivity index (χ0v) is 3.32. The van der Waals surface area contributed by atoms with Gasteiger partial charge in [0.1, 0.15) is 0 Å². The molecule has 0 saturated carbocycles. The van der Waals surface area contributed by atoms with Crippen molar-refractivity contribution >= 4 is 0 Å². The van der Waals surface area contributed by atoms with E-state index in [1.165, 1.54) is 6.08 Å². The Hall–Kier alpha value is -0.790. The highest BCUT2D eigenvalue weighted by atomic mass is 19.1. The van der Waals surface area contributed by atoms with Crippen molar-refractivity contribution in [3.8, 4) is 0 Å². The predicted molar refractivity (Wildman–Crippen MR) is 23.6 cm³/mol. The molecule has 34 valence electrons. The number of allylic oxidation sites excluding steroid dienone is 2. The summed E-state index contributed by atoms with van der Waals surface area (Å²) in [6, 6.07) is 0. The largest absolute Gasteiger partial charge is 0.376 e. The van der Waals surface area contributed by atoms with Crippen LogP contribution in [0.1, 0.15) is 0 Å². The zero-order valence-electron chi connectivity index (χ0n) is 3.32. The summed E-state index contributed by atoms with van der Waals surface area (Å²) in [5, 5.41) is 0. The van der Waals surface area contributed by atoms with Gasteiger partial charge in [-0.1, -0.05) is 12.7 Å². The van der Waals surface area contributed by atoms with Crippen molar-refractivity contribution in [3.63, 3.8) is 0 Å². The molecule has 0 unspecified atom stereocenters. The maximum atomic E-state index is 11.3. The molecule has 0 heterocycles. The van der Waals surface area contributed by atoms with Crippen molar-refractivity contribution < 1.29 is 4.39 Å². The molecule has 0 saturated heterocycles. The van der Waals surface area contributed by atoms with Crippen LogP contribution in [-0.4, -0.2) is 0 Å². The number of nitrogens with two attached hydrogens (primary N) is 1. The molecule has 2 N–H and O–H groups in total. The fourth-order valence-electron chi connectivity index (χ4n) is 0.113. The van der Waals surface area contributed by atoms with Gasteiger partial charge in [-0.2, -0.15) is 4.39 Å². The van der Waals surface area contributed by atoms with E-state index in [9.17, 15) is 4.39 Å². The monoisotopic (exact) mass is 87.0 g/mol. The highest BCUT2D eigenvalue weighted by molar-refractivity contribution is 4.99. The molecule has 1 nitrogen and oxygen atoms in total. The normalized spacial score (nSPS) is 11.2. The van der Waals surface area contributed by atoms with Crippen LogP contribution in [0.5, 0.6) is 0 Å². The third-order valence-corrected chi connectivity index (χ3v) is 0.277. The zero-order chi connectivity index (χ0) is 4.99. The van der Waals surface area contributed by atoms with Crippen molar-refractivity contribution in [1.82, 2.24) is 0 Å². The van der Waals surface area contributed by atoms with E-state index in [-0.39, 0.29) is 0 Å². The van der Waals surface area contributed by atoms with Gasteiger partial charge in [0.2, 0.25) is 0 Å². The summed E-state index contributed by atoms with van der Waals surface area (Å²) in [7, 11) is 0. The third-order valence-electron chi connectivity index (χ3n) is 0.277. The highest BCUT2D eigenvalue weighted by Gasteiger charge is 1.69. The van der Waals surface area contributed by atoms with Gasteiger partial charge in [-0.3, -0.25) is 0 Å². The number of hydrogen-bond acceptors (Lipinski definition) is 1. The first-order valence-corrected chi connectivity index (χ1v) is 1.51. The average molecular weight is 87.1 g/mol. The van der Waals surface area contributed by atoms with Crippen LogP contribution in [0.15, 0.2) is 24.7 Å². The van der Waals surface area contributed by atoms with Crippen molar-refractivity contribution in [2.24, 2.45) is 5.73 Å². The first kappa shape index (κ1) is 5.21. The van der Waals surface area contributed by atoms with Gasteiger partial charge in [-0.25, -0.2) is 0 Å². The van der Waals surface area contributed by atoms with Crippen LogP contribution in [0, 0.1) is 0 Å². The van der Waals surface area contributed by atoms with Crippen molar-refractivity contribution in [1.29, 1.82) is 0 Å². The standard InChI is InChI=1S/C4H6FN/c1-2-3-4(5)6/h2-3H,1,6H2/b4-3+. The van der Waals surface area contributed by atoms with Gasteiger partial charge >= 0.3 is 0 Å². The predicted octanol–water partition coefficient (Wildman–Crippen LogP) is 0.942. The van der Waals surface area contributed by atoms with Crippen LogP contribution >= 0.6 is 0 Å². The summed E-state index contributed by atoms with van der Waals surface area (Å²) in [5.74, 6) is -0.704. The summed E-state index contributed by atoms with van der Waals surface area (Å²) in [6.07, 6.45) is 2.37. The molecule has 0 rings (SSSR count). The van der Waals surface area contributed by atoms with Crippen molar-refractivity contribution in [2.75, 3.05) is 0 Å². The van der Waals surface area contributed by atoms with Crippen LogP contribution in [0.3, 0.4) is 0 Å². The summed E-state index contributed by atoms with van der Waals surface area (Å²) in [5.41, 5.74) is 4.53. The third kappa shape index (κ3) is 3.21. The summed E-state index contributed by atoms with van der Waals surface area (Å²) in [6.45, 7) is 3.20. The molecule has 0 amide bonds. The minimum atomic E-state index is -0.704. The van der Waals surface area contributed by atoms with Crippen LogP contribution in [0.25, 0.3) is 0 Å². The van der Waals surface area contributed by atoms with Gasteiger partial charge < -0.3 is 5.73 Å². The molecule has 0 aromatic carbocycles. The van der Waals surface area contributed by atoms with E-state index in [0.29, 0.717) is 0 Å². The Labute approximate surface area is 36.0 Å². The van der Waals surface area contributed by atoms with Gasteiger partial charge in [0.25, 0.3) is 0 Å². The van der Waals surface area contributed by atoms with Gasteiger partial charge in [0.05, 0.1) is 0 Å². The quantitative estimate of drug-likeness (QED) is 0.374. The molecule has 0 aromatic heterocycles. The molecule has 0 aliphatic carbocycles. The Kier molecular flexibility index (Phi) is 2.13. The van der Waals surface area contributed by atoms with E-state index in [4.69, 9.17) is 0 Å². The lowest BCUT2D eigenvalue weighted by Gasteiger charge is -1.72. The summed E-state index contributed by atoms with van der Waals surface area (Å²) >= 11 is 0. The van der Waals surface area contributed by atoms with E-state index >= 15 is 0 Å². The van der Waals surface area contributed by atoms with Crippen molar-refractivity contribution in [2.45, 2.75) is 0 Å². The Morgan fingerprint density at radius 2 is 2.33 bits per heavy atom. The van der Waals surface area contributed by atoms with Crippen LogP contribution in [0.4, 0.5) is 4.39 Å². The van der Waals surface area contributed by atoms with Gasteiger partial charge in [-0.15, -0.1) is 0 Å². The molecular weight excluding hydrogens is 81.0 g/mol. The summed E-state index contributed by atoms with van der Waals surface area (Å²) in [4.78, 5) is 0. The molecule has 0 spiro atoms. The van der Waals surface area contributed by atoms with Crippen LogP contribution in [0.2, 0.25) is 0 Å². The van der Waals surface area contributed by atoms with Crippen LogP contribution in [-0.2, 0) is 0 Å². The lowest BCUT2D eigenvalue weighted by atomic mass is 10.6. The second kappa shape index (κ2) is 2.45. The second-order valence-electron chi connectivity index (χ2n) is 0.787. The maximum absolute atomic E-state index is 11.3. The molecule has 0 aliphatic rings. The SMILES string of the molecule is C=C/C=C(/N)F. The molecule has 0 atom stereocenters. The Morgan fingerprint density at radius 1 is 1.83 bits per heavy atom. The van der Waals surface area contributed by atoms with E-state index in [2.05, 4.69) is 12.3 Å². The average Bonchev–Trinajstić information content (AvgIpc) is 1.35. The minimum absolute atomic E-state index is 0.704. The molecule has 0 aromatic rings. The second-order valence-corrected chi connectivity index (χ2v) is 0.787. The first-order valence-electron chi connectivity index (χ1n) is 1.51. The Balaban J connectivity index is 3.41.